The Bertz CT molecular complexity index is 942. The lowest BCUT2D eigenvalue weighted by molar-refractivity contribution is -0.126. The molecule has 1 N–H and O–H groups in total. The van der Waals surface area contributed by atoms with Crippen molar-refractivity contribution in [2.75, 3.05) is 24.5 Å². The number of amides is 2. The van der Waals surface area contributed by atoms with E-state index in [1.165, 1.54) is 4.31 Å². The predicted octanol–water partition coefficient (Wildman–Crippen LogP) is 2.30. The molecule has 1 aliphatic carbocycles. The van der Waals surface area contributed by atoms with Crippen LogP contribution in [0.1, 0.15) is 51.5 Å². The third-order valence-corrected chi connectivity index (χ3v) is 8.23. The van der Waals surface area contributed by atoms with Gasteiger partial charge in [-0.05, 0) is 69.2 Å². The molecule has 1 aromatic rings. The van der Waals surface area contributed by atoms with E-state index in [2.05, 4.69) is 5.32 Å². The Hall–Kier alpha value is -1.93. The fourth-order valence-electron chi connectivity index (χ4n) is 4.55. The second kappa shape index (κ2) is 8.30. The van der Waals surface area contributed by atoms with Gasteiger partial charge in [-0.1, -0.05) is 6.92 Å². The van der Waals surface area contributed by atoms with Crippen molar-refractivity contribution in [3.05, 3.63) is 23.8 Å². The van der Waals surface area contributed by atoms with Crippen LogP contribution >= 0.6 is 0 Å². The van der Waals surface area contributed by atoms with Gasteiger partial charge in [-0.15, -0.1) is 0 Å². The minimum atomic E-state index is -3.68. The van der Waals surface area contributed by atoms with Crippen LogP contribution in [0.3, 0.4) is 0 Å². The van der Waals surface area contributed by atoms with Gasteiger partial charge < -0.3 is 10.2 Å². The molecular formula is C22H31N3O4S. The number of hydrogen-bond acceptors (Lipinski definition) is 4. The number of hydrogen-bond donors (Lipinski definition) is 1. The van der Waals surface area contributed by atoms with E-state index < -0.39 is 10.0 Å². The van der Waals surface area contributed by atoms with Gasteiger partial charge in [0.15, 0.2) is 0 Å². The molecule has 2 heterocycles. The maximum atomic E-state index is 13.3. The zero-order chi connectivity index (χ0) is 21.5. The Morgan fingerprint density at radius 2 is 1.93 bits per heavy atom. The molecule has 2 amide bonds. The molecular weight excluding hydrogens is 402 g/mol. The van der Waals surface area contributed by atoms with Crippen LogP contribution in [0.2, 0.25) is 0 Å². The van der Waals surface area contributed by atoms with Gasteiger partial charge in [0.05, 0.1) is 10.8 Å². The minimum Gasteiger partial charge on any atom is -0.356 e. The molecule has 164 valence electrons. The number of nitrogens with one attached hydrogen (secondary N) is 1. The smallest absolute Gasteiger partial charge is 0.243 e. The summed E-state index contributed by atoms with van der Waals surface area (Å²) in [6.07, 6.45) is 4.81. The van der Waals surface area contributed by atoms with Crippen molar-refractivity contribution in [1.82, 2.24) is 9.62 Å². The highest BCUT2D eigenvalue weighted by atomic mass is 32.2. The Morgan fingerprint density at radius 1 is 1.17 bits per heavy atom. The fourth-order valence-corrected chi connectivity index (χ4v) is 6.12. The summed E-state index contributed by atoms with van der Waals surface area (Å²) in [6, 6.07) is 5.16. The highest BCUT2D eigenvalue weighted by molar-refractivity contribution is 7.89. The third kappa shape index (κ3) is 3.99. The second-order valence-corrected chi connectivity index (χ2v) is 10.8. The predicted molar refractivity (Wildman–Crippen MR) is 115 cm³/mol. The zero-order valence-corrected chi connectivity index (χ0v) is 18.6. The summed E-state index contributed by atoms with van der Waals surface area (Å²) < 4.78 is 28.0. The molecule has 1 saturated carbocycles. The molecule has 4 rings (SSSR count). The Kier molecular flexibility index (Phi) is 5.90. The number of carbonyl (C=O) groups is 2. The lowest BCUT2D eigenvalue weighted by Gasteiger charge is -2.31. The molecule has 0 bridgehead atoms. The van der Waals surface area contributed by atoms with Gasteiger partial charge in [-0.2, -0.15) is 4.31 Å². The minimum absolute atomic E-state index is 0.0488. The Morgan fingerprint density at radius 3 is 2.63 bits per heavy atom. The lowest BCUT2D eigenvalue weighted by atomic mass is 9.99. The first kappa shape index (κ1) is 21.3. The van der Waals surface area contributed by atoms with E-state index in [0.29, 0.717) is 32.4 Å². The lowest BCUT2D eigenvalue weighted by Crippen LogP contribution is -2.45. The number of carbonyl (C=O) groups excluding carboxylic acids is 2. The third-order valence-electron chi connectivity index (χ3n) is 6.37. The van der Waals surface area contributed by atoms with Crippen molar-refractivity contribution >= 4 is 27.5 Å². The number of benzene rings is 1. The van der Waals surface area contributed by atoms with E-state index >= 15 is 0 Å². The maximum Gasteiger partial charge on any atom is 0.243 e. The molecule has 1 aromatic carbocycles. The van der Waals surface area contributed by atoms with Crippen molar-refractivity contribution in [3.63, 3.8) is 0 Å². The molecule has 7 nitrogen and oxygen atoms in total. The van der Waals surface area contributed by atoms with Gasteiger partial charge in [0.1, 0.15) is 0 Å². The molecule has 3 aliphatic rings. The van der Waals surface area contributed by atoms with Crippen molar-refractivity contribution in [3.8, 4) is 0 Å². The zero-order valence-electron chi connectivity index (χ0n) is 17.8. The van der Waals surface area contributed by atoms with Gasteiger partial charge in [-0.3, -0.25) is 9.59 Å². The molecule has 2 fully saturated rings. The van der Waals surface area contributed by atoms with E-state index in [9.17, 15) is 18.0 Å². The van der Waals surface area contributed by atoms with Gasteiger partial charge in [0, 0.05) is 37.3 Å². The standard InChI is InChI=1S/C22H31N3O4S/c1-3-10-23-21(26)17-5-4-11-24(14-17)30(28,29)19-8-9-20-18(13-19)12-15(2)25(20)22(27)16-6-7-16/h8-9,13,15-17H,3-7,10-12,14H2,1-2H3,(H,23,26)/t15-,17+/m1/s1. The van der Waals surface area contributed by atoms with E-state index in [4.69, 9.17) is 0 Å². The van der Waals surface area contributed by atoms with Crippen LogP contribution in [0.25, 0.3) is 0 Å². The molecule has 1 saturated heterocycles. The number of nitrogens with zero attached hydrogens (tertiary/aromatic N) is 2. The summed E-state index contributed by atoms with van der Waals surface area (Å²) in [5, 5.41) is 2.88. The normalized spacial score (nSPS) is 24.5. The van der Waals surface area contributed by atoms with E-state index in [1.807, 2.05) is 18.7 Å². The summed E-state index contributed by atoms with van der Waals surface area (Å²) >= 11 is 0. The second-order valence-electron chi connectivity index (χ2n) is 8.82. The van der Waals surface area contributed by atoms with E-state index in [-0.39, 0.29) is 41.1 Å². The summed E-state index contributed by atoms with van der Waals surface area (Å²) in [6.45, 7) is 5.27. The van der Waals surface area contributed by atoms with Crippen LogP contribution < -0.4 is 10.2 Å². The van der Waals surface area contributed by atoms with Gasteiger partial charge >= 0.3 is 0 Å². The maximum absolute atomic E-state index is 13.3. The van der Waals surface area contributed by atoms with Gasteiger partial charge in [0.2, 0.25) is 21.8 Å². The molecule has 0 spiro atoms. The highest BCUT2D eigenvalue weighted by Crippen LogP contribution is 2.40. The van der Waals surface area contributed by atoms with Gasteiger partial charge in [-0.25, -0.2) is 8.42 Å². The van der Waals surface area contributed by atoms with Crippen LogP contribution in [-0.4, -0.2) is 50.2 Å². The van der Waals surface area contributed by atoms with Crippen LogP contribution in [-0.2, 0) is 26.0 Å². The summed E-state index contributed by atoms with van der Waals surface area (Å²) in [5.74, 6) is -0.0743. The summed E-state index contributed by atoms with van der Waals surface area (Å²) in [4.78, 5) is 27.1. The number of anilines is 1. The van der Waals surface area contributed by atoms with Crippen molar-refractivity contribution in [2.24, 2.45) is 11.8 Å². The highest BCUT2D eigenvalue weighted by Gasteiger charge is 2.40. The van der Waals surface area contributed by atoms with Gasteiger partial charge in [0.25, 0.3) is 0 Å². The molecule has 8 heteroatoms. The first-order chi connectivity index (χ1) is 14.3. The SMILES string of the molecule is CCCNC(=O)[C@H]1CCCN(S(=O)(=O)c2ccc3c(c2)C[C@@H](C)N3C(=O)C2CC2)C1. The molecule has 30 heavy (non-hydrogen) atoms. The fraction of sp³-hybridized carbons (Fsp3) is 0.636. The average Bonchev–Trinajstić information content (AvgIpc) is 3.53. The average molecular weight is 434 g/mol. The summed E-state index contributed by atoms with van der Waals surface area (Å²) in [7, 11) is -3.68. The first-order valence-electron chi connectivity index (χ1n) is 11.1. The van der Waals surface area contributed by atoms with Crippen LogP contribution in [0.15, 0.2) is 23.1 Å². The Balaban J connectivity index is 1.53. The monoisotopic (exact) mass is 433 g/mol. The summed E-state index contributed by atoms with van der Waals surface area (Å²) in [5.41, 5.74) is 1.75. The number of fused-ring (bicyclic) bond motifs is 1. The number of piperidine rings is 1. The molecule has 2 aliphatic heterocycles. The molecule has 2 atom stereocenters. The van der Waals surface area contributed by atoms with Crippen LogP contribution in [0.4, 0.5) is 5.69 Å². The quantitative estimate of drug-likeness (QED) is 0.746. The first-order valence-corrected chi connectivity index (χ1v) is 12.5. The van der Waals surface area contributed by atoms with Crippen LogP contribution in [0.5, 0.6) is 0 Å². The topological polar surface area (TPSA) is 86.8 Å². The molecule has 0 aromatic heterocycles. The number of sulfonamides is 1. The van der Waals surface area contributed by atoms with Crippen LogP contribution in [0, 0.1) is 11.8 Å². The van der Waals surface area contributed by atoms with Crippen molar-refractivity contribution < 1.29 is 18.0 Å². The van der Waals surface area contributed by atoms with E-state index in [0.717, 1.165) is 30.5 Å². The van der Waals surface area contributed by atoms with Crippen molar-refractivity contribution in [2.45, 2.75) is 63.3 Å². The molecule has 0 unspecified atom stereocenters. The number of rotatable bonds is 6. The molecule has 0 radical (unpaired) electrons. The van der Waals surface area contributed by atoms with Crippen molar-refractivity contribution in [1.29, 1.82) is 0 Å². The largest absolute Gasteiger partial charge is 0.356 e. The van der Waals surface area contributed by atoms with E-state index in [1.54, 1.807) is 18.2 Å². The Labute approximate surface area is 178 Å².